The molecular weight excluding hydrogens is 256 g/mol. The zero-order chi connectivity index (χ0) is 15.2. The summed E-state index contributed by atoms with van der Waals surface area (Å²) < 4.78 is 0. The number of nitrogens with zero attached hydrogens (tertiary/aromatic N) is 3. The molecule has 0 bridgehead atoms. The number of aromatic nitrogens is 2. The highest BCUT2D eigenvalue weighted by Crippen LogP contribution is 2.10. The topological polar surface area (TPSA) is 78.4 Å². The van der Waals surface area contributed by atoms with Crippen LogP contribution in [0.3, 0.4) is 0 Å². The van der Waals surface area contributed by atoms with E-state index in [1.165, 1.54) is 6.20 Å². The maximum Gasteiger partial charge on any atom is 0.274 e. The van der Waals surface area contributed by atoms with Crippen molar-refractivity contribution in [3.63, 3.8) is 0 Å². The van der Waals surface area contributed by atoms with Crippen LogP contribution in [-0.2, 0) is 0 Å². The van der Waals surface area contributed by atoms with E-state index in [2.05, 4.69) is 22.2 Å². The van der Waals surface area contributed by atoms with Crippen LogP contribution >= 0.6 is 0 Å². The molecule has 0 unspecified atom stereocenters. The minimum atomic E-state index is -0.933. The molecule has 0 atom stereocenters. The van der Waals surface area contributed by atoms with E-state index in [-0.39, 0.29) is 18.1 Å². The van der Waals surface area contributed by atoms with E-state index in [0.29, 0.717) is 12.4 Å². The highest BCUT2D eigenvalue weighted by molar-refractivity contribution is 5.92. The predicted molar refractivity (Wildman–Crippen MR) is 78.7 cm³/mol. The quantitative estimate of drug-likeness (QED) is 0.792. The number of nitrogens with one attached hydrogen (secondary N) is 1. The second-order valence-corrected chi connectivity index (χ2v) is 5.35. The van der Waals surface area contributed by atoms with E-state index in [4.69, 9.17) is 0 Å². The van der Waals surface area contributed by atoms with Gasteiger partial charge >= 0.3 is 0 Å². The Balaban J connectivity index is 2.84. The fourth-order valence-electron chi connectivity index (χ4n) is 1.76. The molecule has 6 heteroatoms. The van der Waals surface area contributed by atoms with E-state index in [9.17, 15) is 9.90 Å². The van der Waals surface area contributed by atoms with Crippen molar-refractivity contribution < 1.29 is 9.90 Å². The number of hydrogen-bond acceptors (Lipinski definition) is 5. The number of hydrogen-bond donors (Lipinski definition) is 2. The molecule has 1 heterocycles. The Labute approximate surface area is 120 Å². The highest BCUT2D eigenvalue weighted by Gasteiger charge is 2.23. The average molecular weight is 280 g/mol. The highest BCUT2D eigenvalue weighted by atomic mass is 16.3. The van der Waals surface area contributed by atoms with Gasteiger partial charge in [-0.2, -0.15) is 0 Å². The Morgan fingerprint density at radius 1 is 1.40 bits per heavy atom. The minimum Gasteiger partial charge on any atom is -0.389 e. The number of carbonyl (C=O) groups excluding carboxylic acids is 1. The number of likely N-dealkylation sites (N-methyl/N-ethyl adjacent to an activating group) is 1. The van der Waals surface area contributed by atoms with Crippen LogP contribution in [0.5, 0.6) is 0 Å². The maximum absolute atomic E-state index is 12.4. The number of amides is 1. The SMILES string of the molecule is CCCNc1cncc(C(=O)N(CC)CC(C)(C)O)n1. The van der Waals surface area contributed by atoms with Gasteiger partial charge in [0.05, 0.1) is 18.0 Å². The molecule has 0 spiro atoms. The summed E-state index contributed by atoms with van der Waals surface area (Å²) in [6, 6.07) is 0. The van der Waals surface area contributed by atoms with Crippen LogP contribution < -0.4 is 5.32 Å². The van der Waals surface area contributed by atoms with Gasteiger partial charge in [-0.3, -0.25) is 9.78 Å². The molecule has 1 aromatic rings. The lowest BCUT2D eigenvalue weighted by molar-refractivity contribution is 0.0311. The summed E-state index contributed by atoms with van der Waals surface area (Å²) in [7, 11) is 0. The van der Waals surface area contributed by atoms with Gasteiger partial charge in [-0.25, -0.2) is 4.98 Å². The first-order valence-electron chi connectivity index (χ1n) is 6.95. The summed E-state index contributed by atoms with van der Waals surface area (Å²) in [5.41, 5.74) is -0.644. The van der Waals surface area contributed by atoms with Crippen molar-refractivity contribution in [2.24, 2.45) is 0 Å². The van der Waals surface area contributed by atoms with Crippen molar-refractivity contribution in [1.82, 2.24) is 14.9 Å². The Bertz CT molecular complexity index is 443. The van der Waals surface area contributed by atoms with Crippen LogP contribution in [0.2, 0.25) is 0 Å². The smallest absolute Gasteiger partial charge is 0.274 e. The maximum atomic E-state index is 12.4. The second kappa shape index (κ2) is 7.19. The van der Waals surface area contributed by atoms with Crippen LogP contribution in [0.15, 0.2) is 12.4 Å². The summed E-state index contributed by atoms with van der Waals surface area (Å²) in [5.74, 6) is 0.374. The Hall–Kier alpha value is -1.69. The molecule has 112 valence electrons. The molecule has 0 aliphatic heterocycles. The number of anilines is 1. The van der Waals surface area contributed by atoms with Crippen molar-refractivity contribution in [3.05, 3.63) is 18.1 Å². The zero-order valence-electron chi connectivity index (χ0n) is 12.7. The first-order valence-corrected chi connectivity index (χ1v) is 6.95. The van der Waals surface area contributed by atoms with E-state index in [1.54, 1.807) is 24.9 Å². The molecule has 6 nitrogen and oxygen atoms in total. The molecule has 0 fully saturated rings. The second-order valence-electron chi connectivity index (χ2n) is 5.35. The zero-order valence-corrected chi connectivity index (χ0v) is 12.7. The molecule has 0 aromatic carbocycles. The van der Waals surface area contributed by atoms with E-state index < -0.39 is 5.60 Å². The van der Waals surface area contributed by atoms with Crippen molar-refractivity contribution in [2.75, 3.05) is 25.0 Å². The molecule has 2 N–H and O–H groups in total. The van der Waals surface area contributed by atoms with Gasteiger partial charge in [0.2, 0.25) is 0 Å². The minimum absolute atomic E-state index is 0.220. The van der Waals surface area contributed by atoms with Gasteiger partial charge in [-0.05, 0) is 27.2 Å². The summed E-state index contributed by atoms with van der Waals surface area (Å²) in [5, 5.41) is 12.9. The molecule has 1 aromatic heterocycles. The first-order chi connectivity index (χ1) is 9.37. The lowest BCUT2D eigenvalue weighted by Gasteiger charge is -2.27. The lowest BCUT2D eigenvalue weighted by atomic mass is 10.1. The van der Waals surface area contributed by atoms with Gasteiger partial charge in [0.1, 0.15) is 11.5 Å². The van der Waals surface area contributed by atoms with Gasteiger partial charge in [0.25, 0.3) is 5.91 Å². The summed E-state index contributed by atoms with van der Waals surface area (Å²) in [4.78, 5) is 22.2. The third kappa shape index (κ3) is 5.13. The van der Waals surface area contributed by atoms with Crippen molar-refractivity contribution >= 4 is 11.7 Å². The summed E-state index contributed by atoms with van der Waals surface area (Å²) in [6.45, 7) is 8.83. The largest absolute Gasteiger partial charge is 0.389 e. The Morgan fingerprint density at radius 3 is 2.65 bits per heavy atom. The van der Waals surface area contributed by atoms with Crippen molar-refractivity contribution in [1.29, 1.82) is 0 Å². The molecule has 1 rings (SSSR count). The third-order valence-electron chi connectivity index (χ3n) is 2.66. The molecular formula is C14H24N4O2. The summed E-state index contributed by atoms with van der Waals surface area (Å²) in [6.07, 6.45) is 4.02. The van der Waals surface area contributed by atoms with Crippen LogP contribution in [0.4, 0.5) is 5.82 Å². The predicted octanol–water partition coefficient (Wildman–Crippen LogP) is 1.53. The molecule has 0 aliphatic carbocycles. The summed E-state index contributed by atoms with van der Waals surface area (Å²) >= 11 is 0. The van der Waals surface area contributed by atoms with Gasteiger partial charge in [-0.15, -0.1) is 0 Å². The number of carbonyl (C=O) groups is 1. The fourth-order valence-corrected chi connectivity index (χ4v) is 1.76. The fraction of sp³-hybridized carbons (Fsp3) is 0.643. The van der Waals surface area contributed by atoms with E-state index in [1.807, 2.05) is 6.92 Å². The van der Waals surface area contributed by atoms with Crippen molar-refractivity contribution in [3.8, 4) is 0 Å². The van der Waals surface area contributed by atoms with Gasteiger partial charge in [0, 0.05) is 19.6 Å². The molecule has 0 radical (unpaired) electrons. The standard InChI is InChI=1S/C14H24N4O2/c1-5-7-16-12-9-15-8-11(17-12)13(19)18(6-2)10-14(3,4)20/h8-9,20H,5-7,10H2,1-4H3,(H,16,17). The van der Waals surface area contributed by atoms with Crippen LogP contribution in [0.1, 0.15) is 44.6 Å². The van der Waals surface area contributed by atoms with Crippen molar-refractivity contribution in [2.45, 2.75) is 39.7 Å². The normalized spacial score (nSPS) is 11.2. The van der Waals surface area contributed by atoms with Crippen LogP contribution in [-0.4, -0.2) is 51.1 Å². The Kier molecular flexibility index (Phi) is 5.88. The number of aliphatic hydroxyl groups is 1. The average Bonchev–Trinajstić information content (AvgIpc) is 2.41. The molecule has 1 amide bonds. The third-order valence-corrected chi connectivity index (χ3v) is 2.66. The first kappa shape index (κ1) is 16.4. The van der Waals surface area contributed by atoms with E-state index >= 15 is 0 Å². The van der Waals surface area contributed by atoms with Gasteiger partial charge in [0.15, 0.2) is 0 Å². The molecule has 0 saturated heterocycles. The monoisotopic (exact) mass is 280 g/mol. The molecule has 20 heavy (non-hydrogen) atoms. The molecule has 0 aliphatic rings. The van der Waals surface area contributed by atoms with Gasteiger partial charge in [-0.1, -0.05) is 6.92 Å². The Morgan fingerprint density at radius 2 is 2.10 bits per heavy atom. The van der Waals surface area contributed by atoms with Crippen LogP contribution in [0, 0.1) is 0 Å². The lowest BCUT2D eigenvalue weighted by Crippen LogP contribution is -2.42. The van der Waals surface area contributed by atoms with E-state index in [0.717, 1.165) is 13.0 Å². The molecule has 0 saturated carbocycles. The number of rotatable bonds is 7. The van der Waals surface area contributed by atoms with Gasteiger partial charge < -0.3 is 15.3 Å². The van der Waals surface area contributed by atoms with Crippen LogP contribution in [0.25, 0.3) is 0 Å².